The maximum Gasteiger partial charge on any atom is 0.165 e. The van der Waals surface area contributed by atoms with Crippen LogP contribution in [0.3, 0.4) is 0 Å². The largest absolute Gasteiger partial charge is 0.294 e. The van der Waals surface area contributed by atoms with Gasteiger partial charge in [-0.15, -0.1) is 0 Å². The molecule has 1 aliphatic rings. The average molecular weight is 246 g/mol. The molecule has 1 aromatic rings. The first-order chi connectivity index (χ1) is 5.68. The van der Waals surface area contributed by atoms with E-state index < -0.39 is 0 Å². The number of hydrogen-bond donors (Lipinski definition) is 0. The lowest BCUT2D eigenvalue weighted by Gasteiger charge is -1.99. The molecule has 0 aliphatic heterocycles. The van der Waals surface area contributed by atoms with Gasteiger partial charge < -0.3 is 0 Å². The van der Waals surface area contributed by atoms with Gasteiger partial charge in [0.2, 0.25) is 0 Å². The van der Waals surface area contributed by atoms with Crippen molar-refractivity contribution in [1.82, 2.24) is 4.98 Å². The van der Waals surface area contributed by atoms with Crippen molar-refractivity contribution in [2.24, 2.45) is 0 Å². The number of carbonyl (C=O) groups excluding carboxylic acids is 1. The third-order valence-corrected chi connectivity index (χ3v) is 3.02. The molecule has 4 heteroatoms. The van der Waals surface area contributed by atoms with Gasteiger partial charge in [0.05, 0.1) is 10.2 Å². The number of halogens is 2. The summed E-state index contributed by atoms with van der Waals surface area (Å²) in [5, 5.41) is 0.434. The number of rotatable bonds is 0. The molecule has 2 nitrogen and oxygen atoms in total. The molecule has 0 saturated carbocycles. The van der Waals surface area contributed by atoms with Gasteiger partial charge >= 0.3 is 0 Å². The van der Waals surface area contributed by atoms with Crippen molar-refractivity contribution in [1.29, 1.82) is 0 Å². The molecule has 0 amide bonds. The van der Waals surface area contributed by atoms with Gasteiger partial charge in [-0.05, 0) is 28.4 Å². The second kappa shape index (κ2) is 2.82. The van der Waals surface area contributed by atoms with Crippen LogP contribution in [0, 0.1) is 0 Å². The highest BCUT2D eigenvalue weighted by molar-refractivity contribution is 9.10. The minimum absolute atomic E-state index is 0.162. The molecule has 0 bridgehead atoms. The number of aromatic nitrogens is 1. The van der Waals surface area contributed by atoms with Crippen LogP contribution in [0.2, 0.25) is 5.15 Å². The smallest absolute Gasteiger partial charge is 0.165 e. The van der Waals surface area contributed by atoms with Crippen LogP contribution in [-0.4, -0.2) is 10.8 Å². The zero-order valence-corrected chi connectivity index (χ0v) is 8.44. The third kappa shape index (κ3) is 1.17. The first-order valence-electron chi connectivity index (χ1n) is 3.56. The molecule has 0 spiro atoms. The molecule has 2 rings (SSSR count). The van der Waals surface area contributed by atoms with Crippen LogP contribution in [0.1, 0.15) is 22.5 Å². The fourth-order valence-electron chi connectivity index (χ4n) is 1.30. The van der Waals surface area contributed by atoms with Crippen LogP contribution in [0.15, 0.2) is 10.5 Å². The van der Waals surface area contributed by atoms with Gasteiger partial charge in [-0.1, -0.05) is 11.6 Å². The standard InChI is InChI=1S/C8H5BrClNO/c9-5-3-4-6(11-8(5)10)1-2-7(4)12/h3H,1-2H2. The van der Waals surface area contributed by atoms with Crippen molar-refractivity contribution in [3.8, 4) is 0 Å². The summed E-state index contributed by atoms with van der Waals surface area (Å²) < 4.78 is 0.693. The highest BCUT2D eigenvalue weighted by Crippen LogP contribution is 2.28. The fraction of sp³-hybridized carbons (Fsp3) is 0.250. The molecular weight excluding hydrogens is 241 g/mol. The SMILES string of the molecule is O=C1CCc2nc(Cl)c(Br)cc21. The Bertz CT molecular complexity index is 364. The van der Waals surface area contributed by atoms with E-state index in [4.69, 9.17) is 11.6 Å². The number of ketones is 1. The normalized spacial score (nSPS) is 15.0. The Kier molecular flexibility index (Phi) is 1.93. The molecule has 0 radical (unpaired) electrons. The van der Waals surface area contributed by atoms with Gasteiger partial charge in [-0.3, -0.25) is 4.79 Å². The predicted molar refractivity (Wildman–Crippen MR) is 49.6 cm³/mol. The summed E-state index contributed by atoms with van der Waals surface area (Å²) in [7, 11) is 0. The van der Waals surface area contributed by atoms with Crippen molar-refractivity contribution in [3.05, 3.63) is 26.9 Å². The number of carbonyl (C=O) groups is 1. The molecule has 1 aliphatic carbocycles. The summed E-state index contributed by atoms with van der Waals surface area (Å²) in [4.78, 5) is 15.3. The molecule has 1 heterocycles. The minimum Gasteiger partial charge on any atom is -0.294 e. The molecule has 0 atom stereocenters. The average Bonchev–Trinajstić information content (AvgIpc) is 2.35. The van der Waals surface area contributed by atoms with E-state index in [1.165, 1.54) is 0 Å². The first-order valence-corrected chi connectivity index (χ1v) is 4.73. The van der Waals surface area contributed by atoms with Crippen LogP contribution in [0.5, 0.6) is 0 Å². The van der Waals surface area contributed by atoms with E-state index >= 15 is 0 Å². The zero-order valence-electron chi connectivity index (χ0n) is 6.10. The van der Waals surface area contributed by atoms with Crippen LogP contribution >= 0.6 is 27.5 Å². The summed E-state index contributed by atoms with van der Waals surface area (Å²) in [6.07, 6.45) is 1.29. The predicted octanol–water partition coefficient (Wildman–Crippen LogP) is 2.63. The van der Waals surface area contributed by atoms with E-state index in [0.29, 0.717) is 21.6 Å². The Labute approximate surface area is 83.1 Å². The Hall–Kier alpha value is -0.410. The van der Waals surface area contributed by atoms with Crippen LogP contribution in [0.4, 0.5) is 0 Å². The minimum atomic E-state index is 0.162. The van der Waals surface area contributed by atoms with Crippen molar-refractivity contribution >= 4 is 33.3 Å². The van der Waals surface area contributed by atoms with Gasteiger partial charge in [0.1, 0.15) is 5.15 Å². The van der Waals surface area contributed by atoms with E-state index in [1.807, 2.05) is 0 Å². The molecule has 1 aromatic heterocycles. The van der Waals surface area contributed by atoms with Gasteiger partial charge in [-0.2, -0.15) is 0 Å². The fourth-order valence-corrected chi connectivity index (χ4v) is 1.77. The molecular formula is C8H5BrClNO. The number of aryl methyl sites for hydroxylation is 1. The van der Waals surface area contributed by atoms with Crippen molar-refractivity contribution in [3.63, 3.8) is 0 Å². The van der Waals surface area contributed by atoms with Gasteiger partial charge in [0.15, 0.2) is 5.78 Å². The Morgan fingerprint density at radius 1 is 1.50 bits per heavy atom. The van der Waals surface area contributed by atoms with E-state index in [-0.39, 0.29) is 5.78 Å². The second-order valence-corrected chi connectivity index (χ2v) is 3.89. The lowest BCUT2D eigenvalue weighted by atomic mass is 10.2. The number of Topliss-reactive ketones (excluding diaryl/α,β-unsaturated/α-hetero) is 1. The first kappa shape index (κ1) is 8.20. The van der Waals surface area contributed by atoms with E-state index in [2.05, 4.69) is 20.9 Å². The maximum atomic E-state index is 11.2. The molecule has 0 N–H and O–H groups in total. The molecule has 62 valence electrons. The van der Waals surface area contributed by atoms with Gasteiger partial charge in [0.25, 0.3) is 0 Å². The Morgan fingerprint density at radius 2 is 2.25 bits per heavy atom. The lowest BCUT2D eigenvalue weighted by Crippen LogP contribution is -1.93. The highest BCUT2D eigenvalue weighted by Gasteiger charge is 2.21. The van der Waals surface area contributed by atoms with E-state index in [0.717, 1.165) is 12.1 Å². The molecule has 0 saturated heterocycles. The topological polar surface area (TPSA) is 30.0 Å². The lowest BCUT2D eigenvalue weighted by molar-refractivity contribution is 0.0994. The quantitative estimate of drug-likeness (QED) is 0.659. The third-order valence-electron chi connectivity index (χ3n) is 1.90. The van der Waals surface area contributed by atoms with Crippen LogP contribution in [-0.2, 0) is 6.42 Å². The second-order valence-electron chi connectivity index (χ2n) is 2.68. The van der Waals surface area contributed by atoms with Gasteiger partial charge in [-0.25, -0.2) is 4.98 Å². The molecule has 0 unspecified atom stereocenters. The van der Waals surface area contributed by atoms with Crippen LogP contribution in [0.25, 0.3) is 0 Å². The summed E-state index contributed by atoms with van der Waals surface area (Å²) in [6, 6.07) is 1.75. The van der Waals surface area contributed by atoms with Crippen molar-refractivity contribution < 1.29 is 4.79 Å². The number of nitrogens with zero attached hydrogens (tertiary/aromatic N) is 1. The summed E-state index contributed by atoms with van der Waals surface area (Å²) >= 11 is 9.00. The maximum absolute atomic E-state index is 11.2. The van der Waals surface area contributed by atoms with E-state index in [1.54, 1.807) is 6.07 Å². The monoisotopic (exact) mass is 245 g/mol. The molecule has 0 aromatic carbocycles. The number of hydrogen-bond acceptors (Lipinski definition) is 2. The summed E-state index contributed by atoms with van der Waals surface area (Å²) in [6.45, 7) is 0. The summed E-state index contributed by atoms with van der Waals surface area (Å²) in [5.74, 6) is 0.162. The van der Waals surface area contributed by atoms with E-state index in [9.17, 15) is 4.79 Å². The number of pyridine rings is 1. The van der Waals surface area contributed by atoms with Crippen LogP contribution < -0.4 is 0 Å². The summed E-state index contributed by atoms with van der Waals surface area (Å²) in [5.41, 5.74) is 1.54. The van der Waals surface area contributed by atoms with Crippen molar-refractivity contribution in [2.45, 2.75) is 12.8 Å². The number of fused-ring (bicyclic) bond motifs is 1. The van der Waals surface area contributed by atoms with Crippen molar-refractivity contribution in [2.75, 3.05) is 0 Å². The molecule has 0 fully saturated rings. The highest BCUT2D eigenvalue weighted by atomic mass is 79.9. The molecule has 12 heavy (non-hydrogen) atoms. The van der Waals surface area contributed by atoms with Gasteiger partial charge in [0, 0.05) is 12.0 Å². The Morgan fingerprint density at radius 3 is 3.00 bits per heavy atom. The zero-order chi connectivity index (χ0) is 8.72. The Balaban J connectivity index is 2.63.